The maximum absolute atomic E-state index is 5.18. The molecule has 0 amide bonds. The average molecular weight is 677 g/mol. The third-order valence-corrected chi connectivity index (χ3v) is 10.0. The first-order valence-electron chi connectivity index (χ1n) is 17.9. The SMILES string of the molecule is c1ccc(-c2cccc(-c3ccc(-c4nc(-c5ccccc5)nc(-c5ccc6ccccc6c5)n4)cc3-n3c4ccccc4c4ccccc43)c2)cc1. The highest BCUT2D eigenvalue weighted by Crippen LogP contribution is 2.39. The van der Waals surface area contributed by atoms with Gasteiger partial charge in [0.05, 0.1) is 16.7 Å². The minimum Gasteiger partial charge on any atom is -0.309 e. The Kier molecular flexibility index (Phi) is 7.43. The Morgan fingerprint density at radius 3 is 1.51 bits per heavy atom. The number of hydrogen-bond acceptors (Lipinski definition) is 3. The van der Waals surface area contributed by atoms with Crippen molar-refractivity contribution in [1.29, 1.82) is 0 Å². The molecule has 248 valence electrons. The van der Waals surface area contributed by atoms with E-state index in [2.05, 4.69) is 180 Å². The van der Waals surface area contributed by atoms with Crippen molar-refractivity contribution < 1.29 is 0 Å². The quantitative estimate of drug-likeness (QED) is 0.176. The van der Waals surface area contributed by atoms with Crippen LogP contribution in [0.5, 0.6) is 0 Å². The Hall–Kier alpha value is -7.17. The second-order valence-electron chi connectivity index (χ2n) is 13.3. The molecule has 4 heteroatoms. The van der Waals surface area contributed by atoms with Gasteiger partial charge in [0.1, 0.15) is 0 Å². The van der Waals surface area contributed by atoms with Crippen LogP contribution in [0.1, 0.15) is 0 Å². The van der Waals surface area contributed by atoms with Gasteiger partial charge in [-0.3, -0.25) is 0 Å². The largest absolute Gasteiger partial charge is 0.309 e. The first-order valence-corrected chi connectivity index (χ1v) is 17.9. The zero-order valence-electron chi connectivity index (χ0n) is 28.8. The maximum atomic E-state index is 5.18. The number of para-hydroxylation sites is 2. The highest BCUT2D eigenvalue weighted by atomic mass is 15.0. The Morgan fingerprint density at radius 2 is 0.811 bits per heavy atom. The molecule has 0 radical (unpaired) electrons. The molecule has 0 saturated carbocycles. The minimum absolute atomic E-state index is 0.619. The van der Waals surface area contributed by atoms with Crippen molar-refractivity contribution in [3.63, 3.8) is 0 Å². The summed E-state index contributed by atoms with van der Waals surface area (Å²) < 4.78 is 2.39. The number of nitrogens with zero attached hydrogens (tertiary/aromatic N) is 4. The van der Waals surface area contributed by atoms with Crippen molar-refractivity contribution >= 4 is 32.6 Å². The van der Waals surface area contributed by atoms with E-state index in [-0.39, 0.29) is 0 Å². The van der Waals surface area contributed by atoms with E-state index < -0.39 is 0 Å². The maximum Gasteiger partial charge on any atom is 0.164 e. The molecule has 0 fully saturated rings. The fourth-order valence-corrected chi connectivity index (χ4v) is 7.46. The van der Waals surface area contributed by atoms with Crippen molar-refractivity contribution in [1.82, 2.24) is 19.5 Å². The first-order chi connectivity index (χ1) is 26.3. The van der Waals surface area contributed by atoms with E-state index in [1.807, 2.05) is 18.2 Å². The molecule has 0 bridgehead atoms. The average Bonchev–Trinajstić information content (AvgIpc) is 3.58. The van der Waals surface area contributed by atoms with Crippen LogP contribution in [0.3, 0.4) is 0 Å². The predicted molar refractivity (Wildman–Crippen MR) is 219 cm³/mol. The summed E-state index contributed by atoms with van der Waals surface area (Å²) in [4.78, 5) is 15.3. The van der Waals surface area contributed by atoms with Gasteiger partial charge in [-0.05, 0) is 57.8 Å². The fourth-order valence-electron chi connectivity index (χ4n) is 7.46. The standard InChI is InChI=1S/C49H32N4/c1-3-14-33(15-4-1)37-20-13-21-38(30-37)41-29-28-40(32-46(41)53-44-24-11-9-22-42(44)43-23-10-12-25-45(43)53)49-51-47(35-17-5-2-6-18-35)50-48(52-49)39-27-26-34-16-7-8-19-36(34)31-39/h1-32H. The van der Waals surface area contributed by atoms with Crippen LogP contribution < -0.4 is 0 Å². The van der Waals surface area contributed by atoms with Gasteiger partial charge in [0.2, 0.25) is 0 Å². The van der Waals surface area contributed by atoms with E-state index in [1.54, 1.807) is 0 Å². The molecule has 53 heavy (non-hydrogen) atoms. The number of aromatic nitrogens is 4. The Bertz CT molecular complexity index is 2890. The molecule has 0 aliphatic heterocycles. The van der Waals surface area contributed by atoms with Gasteiger partial charge in [-0.1, -0.05) is 164 Å². The van der Waals surface area contributed by atoms with Crippen molar-refractivity contribution in [3.05, 3.63) is 194 Å². The van der Waals surface area contributed by atoms with Crippen LogP contribution in [-0.2, 0) is 0 Å². The molecule has 4 nitrogen and oxygen atoms in total. The molecule has 0 aliphatic carbocycles. The Labute approximate surface area is 307 Å². The Balaban J connectivity index is 1.22. The number of benzene rings is 8. The molecule has 0 aliphatic rings. The summed E-state index contributed by atoms with van der Waals surface area (Å²) in [5, 5.41) is 4.74. The van der Waals surface area contributed by atoms with Crippen LogP contribution in [0, 0.1) is 0 Å². The number of fused-ring (bicyclic) bond motifs is 4. The second kappa shape index (κ2) is 12.9. The minimum atomic E-state index is 0.619. The van der Waals surface area contributed by atoms with Gasteiger partial charge in [-0.2, -0.15) is 0 Å². The first kappa shape index (κ1) is 30.6. The van der Waals surface area contributed by atoms with E-state index in [0.29, 0.717) is 17.5 Å². The summed E-state index contributed by atoms with van der Waals surface area (Å²) in [6.07, 6.45) is 0. The van der Waals surface area contributed by atoms with Crippen LogP contribution >= 0.6 is 0 Å². The molecule has 10 rings (SSSR count). The molecular weight excluding hydrogens is 645 g/mol. The molecule has 2 aromatic heterocycles. The molecular formula is C49H32N4. The van der Waals surface area contributed by atoms with E-state index in [4.69, 9.17) is 15.0 Å². The molecule has 0 unspecified atom stereocenters. The van der Waals surface area contributed by atoms with Crippen LogP contribution in [0.2, 0.25) is 0 Å². The van der Waals surface area contributed by atoms with Gasteiger partial charge in [0, 0.05) is 33.0 Å². The van der Waals surface area contributed by atoms with Gasteiger partial charge >= 0.3 is 0 Å². The molecule has 0 N–H and O–H groups in total. The molecule has 0 spiro atoms. The summed E-state index contributed by atoms with van der Waals surface area (Å²) >= 11 is 0. The lowest BCUT2D eigenvalue weighted by atomic mass is 9.96. The fraction of sp³-hybridized carbons (Fsp3) is 0. The third-order valence-electron chi connectivity index (χ3n) is 10.0. The van der Waals surface area contributed by atoms with E-state index in [1.165, 1.54) is 27.3 Å². The topological polar surface area (TPSA) is 43.6 Å². The van der Waals surface area contributed by atoms with Crippen LogP contribution in [-0.4, -0.2) is 19.5 Å². The van der Waals surface area contributed by atoms with E-state index in [9.17, 15) is 0 Å². The van der Waals surface area contributed by atoms with Crippen molar-refractivity contribution in [2.24, 2.45) is 0 Å². The zero-order valence-corrected chi connectivity index (χ0v) is 28.8. The van der Waals surface area contributed by atoms with E-state index in [0.717, 1.165) is 49.9 Å². The van der Waals surface area contributed by atoms with Gasteiger partial charge in [-0.25, -0.2) is 15.0 Å². The van der Waals surface area contributed by atoms with Gasteiger partial charge in [0.25, 0.3) is 0 Å². The molecule has 8 aromatic carbocycles. The smallest absolute Gasteiger partial charge is 0.164 e. The van der Waals surface area contributed by atoms with Gasteiger partial charge in [-0.15, -0.1) is 0 Å². The summed E-state index contributed by atoms with van der Waals surface area (Å²) in [5.41, 5.74) is 10.7. The van der Waals surface area contributed by atoms with Crippen LogP contribution in [0.25, 0.3) is 94.7 Å². The lowest BCUT2D eigenvalue weighted by molar-refractivity contribution is 1.07. The monoisotopic (exact) mass is 676 g/mol. The van der Waals surface area contributed by atoms with Gasteiger partial charge < -0.3 is 4.57 Å². The lowest BCUT2D eigenvalue weighted by Gasteiger charge is -2.17. The van der Waals surface area contributed by atoms with E-state index >= 15 is 0 Å². The van der Waals surface area contributed by atoms with Crippen molar-refractivity contribution in [3.8, 4) is 62.1 Å². The van der Waals surface area contributed by atoms with Crippen LogP contribution in [0.4, 0.5) is 0 Å². The predicted octanol–water partition coefficient (Wildman–Crippen LogP) is 12.5. The number of rotatable bonds is 6. The highest BCUT2D eigenvalue weighted by Gasteiger charge is 2.19. The molecule has 0 saturated heterocycles. The summed E-state index contributed by atoms with van der Waals surface area (Å²) in [6.45, 7) is 0. The molecule has 2 heterocycles. The normalized spacial score (nSPS) is 11.4. The Morgan fingerprint density at radius 1 is 0.302 bits per heavy atom. The second-order valence-corrected chi connectivity index (χ2v) is 13.3. The summed E-state index contributed by atoms with van der Waals surface area (Å²) in [6, 6.07) is 68.2. The highest BCUT2D eigenvalue weighted by molar-refractivity contribution is 6.10. The third kappa shape index (κ3) is 5.54. The van der Waals surface area contributed by atoms with Crippen LogP contribution in [0.15, 0.2) is 194 Å². The molecule has 0 atom stereocenters. The summed E-state index contributed by atoms with van der Waals surface area (Å²) in [5.74, 6) is 1.89. The van der Waals surface area contributed by atoms with Gasteiger partial charge in [0.15, 0.2) is 17.5 Å². The lowest BCUT2D eigenvalue weighted by Crippen LogP contribution is -2.02. The van der Waals surface area contributed by atoms with Crippen molar-refractivity contribution in [2.45, 2.75) is 0 Å². The molecule has 10 aromatic rings. The summed E-state index contributed by atoms with van der Waals surface area (Å²) in [7, 11) is 0. The zero-order chi connectivity index (χ0) is 35.1. The number of hydrogen-bond donors (Lipinski definition) is 0. The van der Waals surface area contributed by atoms with Crippen molar-refractivity contribution in [2.75, 3.05) is 0 Å².